The lowest BCUT2D eigenvalue weighted by Gasteiger charge is -2.45. The summed E-state index contributed by atoms with van der Waals surface area (Å²) in [5.41, 5.74) is 4.62. The molecule has 0 aliphatic carbocycles. The summed E-state index contributed by atoms with van der Waals surface area (Å²) in [6, 6.07) is 13.3. The quantitative estimate of drug-likeness (QED) is 0.870. The minimum atomic E-state index is -0.218. The Balaban J connectivity index is 1.75. The van der Waals surface area contributed by atoms with Gasteiger partial charge in [-0.2, -0.15) is 0 Å². The third kappa shape index (κ3) is 3.05. The second-order valence-electron chi connectivity index (χ2n) is 7.05. The number of nitrogens with one attached hydrogen (secondary N) is 1. The predicted molar refractivity (Wildman–Crippen MR) is 96.0 cm³/mol. The number of anilines is 1. The summed E-state index contributed by atoms with van der Waals surface area (Å²) in [7, 11) is 0. The summed E-state index contributed by atoms with van der Waals surface area (Å²) in [5, 5.41) is 13.2. The van der Waals surface area contributed by atoms with Crippen molar-refractivity contribution >= 4 is 5.69 Å². The number of aliphatic hydroxyl groups is 1. The number of hydrogen-bond donors (Lipinski definition) is 2. The fourth-order valence-electron chi connectivity index (χ4n) is 4.16. The third-order valence-corrected chi connectivity index (χ3v) is 5.55. The standard InChI is InChI=1S/C21H24FNO2/c1-2-13-3-10-19-18(11-13)21-17(9-8-16(12-24)25-21)20(23-19)14-4-6-15(22)7-5-14/h3-7,10-11,16-17,20-21,23-24H,2,8-9,12H2,1H3/t16-,17+,20+,21+/m1/s1. The first-order chi connectivity index (χ1) is 12.2. The van der Waals surface area contributed by atoms with Gasteiger partial charge >= 0.3 is 0 Å². The highest BCUT2D eigenvalue weighted by atomic mass is 19.1. The van der Waals surface area contributed by atoms with E-state index in [4.69, 9.17) is 4.74 Å². The highest BCUT2D eigenvalue weighted by Crippen LogP contribution is 2.50. The van der Waals surface area contributed by atoms with E-state index in [9.17, 15) is 9.50 Å². The number of rotatable bonds is 3. The molecule has 4 atom stereocenters. The van der Waals surface area contributed by atoms with Gasteiger partial charge in [0.2, 0.25) is 0 Å². The average molecular weight is 341 g/mol. The maximum Gasteiger partial charge on any atom is 0.123 e. The predicted octanol–water partition coefficient (Wildman–Crippen LogP) is 4.38. The Kier molecular flexibility index (Phi) is 4.48. The minimum absolute atomic E-state index is 0.0382. The molecule has 4 heteroatoms. The molecule has 0 aromatic heterocycles. The van der Waals surface area contributed by atoms with E-state index in [0.29, 0.717) is 0 Å². The highest BCUT2D eigenvalue weighted by Gasteiger charge is 2.42. The first kappa shape index (κ1) is 16.6. The molecule has 2 aromatic carbocycles. The third-order valence-electron chi connectivity index (χ3n) is 5.55. The molecule has 0 unspecified atom stereocenters. The van der Waals surface area contributed by atoms with Crippen LogP contribution in [-0.2, 0) is 11.2 Å². The van der Waals surface area contributed by atoms with Crippen molar-refractivity contribution in [1.82, 2.24) is 0 Å². The van der Waals surface area contributed by atoms with Crippen LogP contribution < -0.4 is 5.32 Å². The molecular weight excluding hydrogens is 317 g/mol. The van der Waals surface area contributed by atoms with Gasteiger partial charge in [-0.3, -0.25) is 0 Å². The van der Waals surface area contributed by atoms with Crippen molar-refractivity contribution in [2.45, 2.75) is 44.4 Å². The van der Waals surface area contributed by atoms with E-state index < -0.39 is 0 Å². The van der Waals surface area contributed by atoms with Crippen LogP contribution >= 0.6 is 0 Å². The van der Waals surface area contributed by atoms with Crippen molar-refractivity contribution in [3.05, 3.63) is 65.0 Å². The van der Waals surface area contributed by atoms with Gasteiger partial charge in [0.25, 0.3) is 0 Å². The zero-order valence-corrected chi connectivity index (χ0v) is 14.4. The molecule has 0 spiro atoms. The van der Waals surface area contributed by atoms with E-state index in [1.807, 2.05) is 12.1 Å². The first-order valence-electron chi connectivity index (χ1n) is 9.10. The maximum atomic E-state index is 13.3. The van der Waals surface area contributed by atoms with Gasteiger partial charge in [0.1, 0.15) is 5.82 Å². The van der Waals surface area contributed by atoms with Crippen LogP contribution in [0.4, 0.5) is 10.1 Å². The van der Waals surface area contributed by atoms with Crippen LogP contribution in [0.2, 0.25) is 0 Å². The number of hydrogen-bond acceptors (Lipinski definition) is 3. The lowest BCUT2D eigenvalue weighted by atomic mass is 9.76. The Labute approximate surface area is 147 Å². The van der Waals surface area contributed by atoms with Gasteiger partial charge in [0.05, 0.1) is 24.9 Å². The van der Waals surface area contributed by atoms with Crippen molar-refractivity contribution < 1.29 is 14.2 Å². The van der Waals surface area contributed by atoms with E-state index in [-0.39, 0.29) is 36.6 Å². The van der Waals surface area contributed by atoms with Gasteiger partial charge in [-0.15, -0.1) is 0 Å². The van der Waals surface area contributed by atoms with Gasteiger partial charge in [0.15, 0.2) is 0 Å². The van der Waals surface area contributed by atoms with Crippen LogP contribution in [-0.4, -0.2) is 17.8 Å². The molecule has 0 bridgehead atoms. The Hall–Kier alpha value is -1.91. The smallest absolute Gasteiger partial charge is 0.123 e. The molecule has 1 fully saturated rings. The number of fused-ring (bicyclic) bond motifs is 3. The molecular formula is C21H24FNO2. The van der Waals surface area contributed by atoms with E-state index in [1.165, 1.54) is 23.3 Å². The van der Waals surface area contributed by atoms with Crippen LogP contribution in [0, 0.1) is 11.7 Å². The first-order valence-corrected chi connectivity index (χ1v) is 9.10. The topological polar surface area (TPSA) is 41.5 Å². The molecule has 2 aliphatic rings. The molecule has 0 amide bonds. The molecule has 0 radical (unpaired) electrons. The lowest BCUT2D eigenvalue weighted by Crippen LogP contribution is -2.40. The molecule has 3 nitrogen and oxygen atoms in total. The number of aryl methyl sites for hydroxylation is 1. The van der Waals surface area contributed by atoms with Gasteiger partial charge in [0, 0.05) is 17.2 Å². The van der Waals surface area contributed by atoms with E-state index in [1.54, 1.807) is 0 Å². The Morgan fingerprint density at radius 2 is 1.96 bits per heavy atom. The summed E-state index contributed by atoms with van der Waals surface area (Å²) in [6.07, 6.45) is 2.66. The molecule has 25 heavy (non-hydrogen) atoms. The van der Waals surface area contributed by atoms with Crippen molar-refractivity contribution in [3.63, 3.8) is 0 Å². The molecule has 2 aliphatic heterocycles. The second-order valence-corrected chi connectivity index (χ2v) is 7.05. The molecule has 4 rings (SSSR count). The van der Waals surface area contributed by atoms with Crippen molar-refractivity contribution in [3.8, 4) is 0 Å². The maximum absolute atomic E-state index is 13.3. The summed E-state index contributed by atoms with van der Waals surface area (Å²) in [4.78, 5) is 0. The molecule has 2 heterocycles. The number of benzene rings is 2. The molecule has 2 aromatic rings. The Morgan fingerprint density at radius 3 is 2.68 bits per heavy atom. The summed E-state index contributed by atoms with van der Waals surface area (Å²) in [5.74, 6) is 0.0530. The monoisotopic (exact) mass is 341 g/mol. The summed E-state index contributed by atoms with van der Waals surface area (Å²) in [6.45, 7) is 2.20. The zero-order valence-electron chi connectivity index (χ0n) is 14.4. The van der Waals surface area contributed by atoms with Crippen LogP contribution in [0.1, 0.15) is 48.6 Å². The number of aliphatic hydroxyl groups excluding tert-OH is 1. The fraction of sp³-hybridized carbons (Fsp3) is 0.429. The van der Waals surface area contributed by atoms with Crippen molar-refractivity contribution in [2.24, 2.45) is 5.92 Å². The Bertz CT molecular complexity index is 746. The van der Waals surface area contributed by atoms with Crippen LogP contribution in [0.25, 0.3) is 0 Å². The lowest BCUT2D eigenvalue weighted by molar-refractivity contribution is -0.110. The summed E-state index contributed by atoms with van der Waals surface area (Å²) >= 11 is 0. The average Bonchev–Trinajstić information content (AvgIpc) is 2.67. The van der Waals surface area contributed by atoms with Gasteiger partial charge in [-0.05, 0) is 48.6 Å². The van der Waals surface area contributed by atoms with Crippen molar-refractivity contribution in [1.29, 1.82) is 0 Å². The van der Waals surface area contributed by atoms with E-state index in [2.05, 4.69) is 30.4 Å². The normalized spacial score (nSPS) is 28.0. The molecule has 1 saturated heterocycles. The molecule has 132 valence electrons. The second kappa shape index (κ2) is 6.77. The van der Waals surface area contributed by atoms with Gasteiger partial charge in [-0.1, -0.05) is 31.2 Å². The fourth-order valence-corrected chi connectivity index (χ4v) is 4.16. The largest absolute Gasteiger partial charge is 0.394 e. The Morgan fingerprint density at radius 1 is 1.16 bits per heavy atom. The van der Waals surface area contributed by atoms with E-state index in [0.717, 1.165) is 30.5 Å². The number of halogens is 1. The van der Waals surface area contributed by atoms with Crippen LogP contribution in [0.3, 0.4) is 0 Å². The SMILES string of the molecule is CCc1ccc2c(c1)[C@H]1O[C@@H](CO)CC[C@H]1[C@H](c1ccc(F)cc1)N2. The zero-order chi connectivity index (χ0) is 17.4. The van der Waals surface area contributed by atoms with E-state index >= 15 is 0 Å². The molecule has 0 saturated carbocycles. The highest BCUT2D eigenvalue weighted by molar-refractivity contribution is 5.58. The van der Waals surface area contributed by atoms with Gasteiger partial charge < -0.3 is 15.2 Å². The summed E-state index contributed by atoms with van der Waals surface area (Å²) < 4.78 is 19.6. The van der Waals surface area contributed by atoms with Crippen molar-refractivity contribution in [2.75, 3.05) is 11.9 Å². The minimum Gasteiger partial charge on any atom is -0.394 e. The van der Waals surface area contributed by atoms with Crippen LogP contribution in [0.15, 0.2) is 42.5 Å². The van der Waals surface area contributed by atoms with Crippen LogP contribution in [0.5, 0.6) is 0 Å². The number of ether oxygens (including phenoxy) is 1. The van der Waals surface area contributed by atoms with Gasteiger partial charge in [-0.25, -0.2) is 4.39 Å². The molecule has 2 N–H and O–H groups in total.